The second kappa shape index (κ2) is 9.02. The van der Waals surface area contributed by atoms with Crippen LogP contribution in [0.4, 0.5) is 0 Å². The van der Waals surface area contributed by atoms with E-state index >= 15 is 0 Å². The van der Waals surface area contributed by atoms with Crippen molar-refractivity contribution in [3.8, 4) is 11.5 Å². The highest BCUT2D eigenvalue weighted by Gasteiger charge is 2.12. The fourth-order valence-corrected chi connectivity index (χ4v) is 2.06. The Hall–Kier alpha value is -0.970. The van der Waals surface area contributed by atoms with Gasteiger partial charge in [-0.2, -0.15) is 0 Å². The molecule has 1 aromatic rings. The molecule has 0 aromatic heterocycles. The molecule has 1 rings (SSSR count). The fourth-order valence-electron chi connectivity index (χ4n) is 1.83. The molecule has 1 aromatic carbocycles. The van der Waals surface area contributed by atoms with E-state index in [9.17, 15) is 0 Å². The number of hydrogen-bond acceptors (Lipinski definition) is 4. The Morgan fingerprint density at radius 3 is 2.68 bits per heavy atom. The average Bonchev–Trinajstić information content (AvgIpc) is 2.41. The maximum atomic E-state index is 6.09. The van der Waals surface area contributed by atoms with Gasteiger partial charge in [0.25, 0.3) is 0 Å². The minimum Gasteiger partial charge on any atom is -0.493 e. The van der Waals surface area contributed by atoms with Gasteiger partial charge in [-0.05, 0) is 39.5 Å². The predicted molar refractivity (Wildman–Crippen MR) is 79.4 cm³/mol. The first kappa shape index (κ1) is 16.1. The lowest BCUT2D eigenvalue weighted by atomic mass is 10.1. The molecule has 0 unspecified atom stereocenters. The molecule has 5 heteroatoms. The molecule has 0 aliphatic carbocycles. The second-order valence-corrected chi connectivity index (χ2v) is 4.60. The lowest BCUT2D eigenvalue weighted by Gasteiger charge is -2.15. The van der Waals surface area contributed by atoms with Crippen LogP contribution in [0, 0.1) is 0 Å². The zero-order valence-electron chi connectivity index (χ0n) is 11.9. The Morgan fingerprint density at radius 2 is 2.05 bits per heavy atom. The van der Waals surface area contributed by atoms with Crippen LogP contribution in [0.3, 0.4) is 0 Å². The van der Waals surface area contributed by atoms with Crippen LogP contribution in [-0.2, 0) is 6.54 Å². The van der Waals surface area contributed by atoms with Crippen LogP contribution in [0.2, 0.25) is 5.02 Å². The van der Waals surface area contributed by atoms with E-state index in [1.165, 1.54) is 0 Å². The lowest BCUT2D eigenvalue weighted by Crippen LogP contribution is -2.20. The quantitative estimate of drug-likeness (QED) is 0.684. The van der Waals surface area contributed by atoms with Crippen molar-refractivity contribution in [3.63, 3.8) is 0 Å². The number of ether oxygens (including phenoxy) is 2. The van der Waals surface area contributed by atoms with Gasteiger partial charge in [0.2, 0.25) is 0 Å². The molecule has 0 saturated carbocycles. The standard InChI is InChI=1S/C14H23ClN2O2/c1-4-19-14-11(10-17-7-5-6-16-2)8-12(15)9-13(14)18-3/h8-9,16-17H,4-7,10H2,1-3H3. The molecular weight excluding hydrogens is 264 g/mol. The van der Waals surface area contributed by atoms with E-state index < -0.39 is 0 Å². The third-order valence-electron chi connectivity index (χ3n) is 2.70. The van der Waals surface area contributed by atoms with E-state index in [2.05, 4.69) is 10.6 Å². The van der Waals surface area contributed by atoms with Gasteiger partial charge < -0.3 is 20.1 Å². The van der Waals surface area contributed by atoms with Gasteiger partial charge >= 0.3 is 0 Å². The van der Waals surface area contributed by atoms with Gasteiger partial charge in [-0.15, -0.1) is 0 Å². The molecule has 0 atom stereocenters. The van der Waals surface area contributed by atoms with Gasteiger partial charge in [0.1, 0.15) is 0 Å². The summed E-state index contributed by atoms with van der Waals surface area (Å²) in [7, 11) is 3.58. The number of methoxy groups -OCH3 is 1. The zero-order valence-corrected chi connectivity index (χ0v) is 12.6. The summed E-state index contributed by atoms with van der Waals surface area (Å²) >= 11 is 6.09. The Kier molecular flexibility index (Phi) is 7.63. The lowest BCUT2D eigenvalue weighted by molar-refractivity contribution is 0.307. The van der Waals surface area contributed by atoms with Crippen molar-refractivity contribution in [2.75, 3.05) is 33.9 Å². The number of benzene rings is 1. The number of nitrogens with one attached hydrogen (secondary N) is 2. The largest absolute Gasteiger partial charge is 0.493 e. The fraction of sp³-hybridized carbons (Fsp3) is 0.571. The van der Waals surface area contributed by atoms with Crippen molar-refractivity contribution in [1.29, 1.82) is 0 Å². The molecular formula is C14H23ClN2O2. The van der Waals surface area contributed by atoms with Crippen molar-refractivity contribution in [2.45, 2.75) is 19.9 Å². The molecule has 2 N–H and O–H groups in total. The molecule has 0 aliphatic rings. The Morgan fingerprint density at radius 1 is 1.26 bits per heavy atom. The molecule has 0 aliphatic heterocycles. The van der Waals surface area contributed by atoms with Crippen LogP contribution in [-0.4, -0.2) is 33.9 Å². The van der Waals surface area contributed by atoms with Crippen molar-refractivity contribution < 1.29 is 9.47 Å². The highest BCUT2D eigenvalue weighted by Crippen LogP contribution is 2.34. The van der Waals surface area contributed by atoms with E-state index in [1.807, 2.05) is 20.0 Å². The molecule has 0 bridgehead atoms. The molecule has 19 heavy (non-hydrogen) atoms. The maximum Gasteiger partial charge on any atom is 0.165 e. The third-order valence-corrected chi connectivity index (χ3v) is 2.92. The Bertz CT molecular complexity index is 386. The van der Waals surface area contributed by atoms with E-state index in [0.29, 0.717) is 17.4 Å². The molecule has 0 amide bonds. The first-order valence-electron chi connectivity index (χ1n) is 6.57. The molecule has 0 radical (unpaired) electrons. The van der Waals surface area contributed by atoms with Crippen molar-refractivity contribution >= 4 is 11.6 Å². The van der Waals surface area contributed by atoms with Crippen LogP contribution in [0.1, 0.15) is 18.9 Å². The third kappa shape index (κ3) is 5.27. The number of rotatable bonds is 9. The summed E-state index contributed by atoms with van der Waals surface area (Å²) in [6, 6.07) is 3.69. The molecule has 0 spiro atoms. The Labute approximate surface area is 120 Å². The summed E-state index contributed by atoms with van der Waals surface area (Å²) in [6.07, 6.45) is 1.08. The first-order valence-corrected chi connectivity index (χ1v) is 6.95. The van der Waals surface area contributed by atoms with Crippen molar-refractivity contribution in [1.82, 2.24) is 10.6 Å². The topological polar surface area (TPSA) is 42.5 Å². The van der Waals surface area contributed by atoms with Gasteiger partial charge in [0, 0.05) is 23.2 Å². The highest BCUT2D eigenvalue weighted by molar-refractivity contribution is 6.30. The van der Waals surface area contributed by atoms with Crippen LogP contribution in [0.5, 0.6) is 11.5 Å². The second-order valence-electron chi connectivity index (χ2n) is 4.16. The van der Waals surface area contributed by atoms with Gasteiger partial charge in [0.05, 0.1) is 13.7 Å². The summed E-state index contributed by atoms with van der Waals surface area (Å²) in [4.78, 5) is 0. The maximum absolute atomic E-state index is 6.09. The normalized spacial score (nSPS) is 10.5. The summed E-state index contributed by atoms with van der Waals surface area (Å²) in [6.45, 7) is 5.23. The molecule has 0 heterocycles. The Balaban J connectivity index is 2.71. The summed E-state index contributed by atoms with van der Waals surface area (Å²) in [5.74, 6) is 1.46. The molecule has 0 saturated heterocycles. The van der Waals surface area contributed by atoms with Crippen LogP contribution < -0.4 is 20.1 Å². The van der Waals surface area contributed by atoms with E-state index in [-0.39, 0.29) is 0 Å². The first-order chi connectivity index (χ1) is 9.22. The van der Waals surface area contributed by atoms with Crippen LogP contribution in [0.15, 0.2) is 12.1 Å². The van der Waals surface area contributed by atoms with Gasteiger partial charge in [-0.1, -0.05) is 11.6 Å². The van der Waals surface area contributed by atoms with Gasteiger partial charge in [-0.25, -0.2) is 0 Å². The predicted octanol–water partition coefficient (Wildman–Crippen LogP) is 2.45. The van der Waals surface area contributed by atoms with Crippen molar-refractivity contribution in [3.05, 3.63) is 22.7 Å². The monoisotopic (exact) mass is 286 g/mol. The minimum atomic E-state index is 0.602. The summed E-state index contributed by atoms with van der Waals surface area (Å²) in [5, 5.41) is 7.16. The smallest absolute Gasteiger partial charge is 0.165 e. The zero-order chi connectivity index (χ0) is 14.1. The number of halogens is 1. The number of hydrogen-bond donors (Lipinski definition) is 2. The summed E-state index contributed by atoms with van der Waals surface area (Å²) in [5.41, 5.74) is 1.02. The van der Waals surface area contributed by atoms with Gasteiger partial charge in [0.15, 0.2) is 11.5 Å². The minimum absolute atomic E-state index is 0.602. The van der Waals surface area contributed by atoms with Gasteiger partial charge in [-0.3, -0.25) is 0 Å². The SMILES string of the molecule is CCOc1c(CNCCCNC)cc(Cl)cc1OC. The average molecular weight is 287 g/mol. The van der Waals surface area contributed by atoms with Crippen LogP contribution in [0.25, 0.3) is 0 Å². The summed E-state index contributed by atoms with van der Waals surface area (Å²) < 4.78 is 11.0. The molecule has 108 valence electrons. The molecule has 4 nitrogen and oxygen atoms in total. The van der Waals surface area contributed by atoms with E-state index in [4.69, 9.17) is 21.1 Å². The van der Waals surface area contributed by atoms with Crippen molar-refractivity contribution in [2.24, 2.45) is 0 Å². The molecule has 0 fully saturated rings. The van der Waals surface area contributed by atoms with E-state index in [0.717, 1.165) is 37.4 Å². The highest BCUT2D eigenvalue weighted by atomic mass is 35.5. The van der Waals surface area contributed by atoms with Crippen LogP contribution >= 0.6 is 11.6 Å². The van der Waals surface area contributed by atoms with E-state index in [1.54, 1.807) is 13.2 Å².